The summed E-state index contributed by atoms with van der Waals surface area (Å²) < 4.78 is 47.8. The van der Waals surface area contributed by atoms with E-state index in [0.29, 0.717) is 0 Å². The average Bonchev–Trinajstić information content (AvgIpc) is 2.64. The van der Waals surface area contributed by atoms with Gasteiger partial charge in [0.05, 0.1) is 18.5 Å². The molecule has 0 aliphatic rings. The second-order valence-corrected chi connectivity index (χ2v) is 8.32. The first-order valence-electron chi connectivity index (χ1n) is 9.86. The van der Waals surface area contributed by atoms with Crippen molar-refractivity contribution in [2.45, 2.75) is 46.2 Å². The minimum atomic E-state index is -1.19. The highest BCUT2D eigenvalue weighted by Gasteiger charge is 2.30. The molecule has 168 valence electrons. The minimum absolute atomic E-state index is 0.0188. The first kappa shape index (κ1) is 24.2. The van der Waals surface area contributed by atoms with E-state index in [4.69, 9.17) is 4.74 Å². The number of para-hydroxylation sites is 1. The number of hydrogen-bond acceptors (Lipinski definition) is 3. The summed E-state index contributed by atoms with van der Waals surface area (Å²) in [6, 6.07) is 7.51. The second kappa shape index (κ2) is 10.3. The van der Waals surface area contributed by atoms with Crippen LogP contribution < -0.4 is 15.4 Å². The number of amides is 2. The van der Waals surface area contributed by atoms with Crippen LogP contribution in [0.25, 0.3) is 0 Å². The van der Waals surface area contributed by atoms with Gasteiger partial charge in [0.2, 0.25) is 11.8 Å². The molecule has 2 unspecified atom stereocenters. The Balaban J connectivity index is 2.15. The van der Waals surface area contributed by atoms with E-state index in [-0.39, 0.29) is 24.3 Å². The van der Waals surface area contributed by atoms with Crippen molar-refractivity contribution < 1.29 is 27.5 Å². The monoisotopic (exact) mass is 436 g/mol. The number of nitrogens with one attached hydrogen (secondary N) is 2. The minimum Gasteiger partial charge on any atom is -0.488 e. The Morgan fingerprint density at radius 1 is 0.935 bits per heavy atom. The van der Waals surface area contributed by atoms with E-state index in [2.05, 4.69) is 10.6 Å². The molecule has 0 spiro atoms. The van der Waals surface area contributed by atoms with Crippen LogP contribution in [0.1, 0.15) is 45.7 Å². The fourth-order valence-electron chi connectivity index (χ4n) is 3.00. The smallest absolute Gasteiger partial charge is 0.222 e. The molecule has 0 saturated heterocycles. The van der Waals surface area contributed by atoms with E-state index in [1.165, 1.54) is 31.2 Å². The lowest BCUT2D eigenvalue weighted by molar-refractivity contribution is -0.124. The van der Waals surface area contributed by atoms with Gasteiger partial charge in [-0.2, -0.15) is 0 Å². The van der Waals surface area contributed by atoms with Gasteiger partial charge in [-0.15, -0.1) is 0 Å². The number of carbonyl (C=O) groups excluding carboxylic acids is 2. The molecule has 0 radical (unpaired) electrons. The molecule has 31 heavy (non-hydrogen) atoms. The Morgan fingerprint density at radius 3 is 2.06 bits per heavy atom. The first-order valence-corrected chi connectivity index (χ1v) is 9.86. The molecule has 2 amide bonds. The Labute approximate surface area is 180 Å². The standard InChI is InChI=1S/C23H27F3N2O3/c1-14(29)27-18(22-16(25)9-7-10-17(22)26)12-21(30)28-20(23(2,3)4)13-31-19-11-6-5-8-15(19)24/h5-11,18,20H,12-13H2,1-4H3,(H,27,29)(H,28,30). The van der Waals surface area contributed by atoms with Gasteiger partial charge in [-0.1, -0.05) is 39.0 Å². The zero-order valence-corrected chi connectivity index (χ0v) is 18.0. The van der Waals surface area contributed by atoms with E-state index < -0.39 is 46.8 Å². The molecule has 2 aromatic carbocycles. The number of hydrogen-bond donors (Lipinski definition) is 2. The quantitative estimate of drug-likeness (QED) is 0.649. The molecule has 2 rings (SSSR count). The summed E-state index contributed by atoms with van der Waals surface area (Å²) in [4.78, 5) is 24.3. The summed E-state index contributed by atoms with van der Waals surface area (Å²) in [5, 5.41) is 5.20. The predicted octanol–water partition coefficient (Wildman–Crippen LogP) is 4.28. The third kappa shape index (κ3) is 7.01. The normalized spacial score (nSPS) is 13.3. The number of ether oxygens (including phenoxy) is 1. The van der Waals surface area contributed by atoms with Crippen molar-refractivity contribution in [1.82, 2.24) is 10.6 Å². The topological polar surface area (TPSA) is 67.4 Å². The molecule has 0 saturated carbocycles. The van der Waals surface area contributed by atoms with Crippen LogP contribution in [-0.2, 0) is 9.59 Å². The SMILES string of the molecule is CC(=O)NC(CC(=O)NC(COc1ccccc1F)C(C)(C)C)c1c(F)cccc1F. The highest BCUT2D eigenvalue weighted by atomic mass is 19.1. The molecule has 2 atom stereocenters. The Kier molecular flexibility index (Phi) is 8.08. The molecule has 0 heterocycles. The van der Waals surface area contributed by atoms with Gasteiger partial charge in [-0.3, -0.25) is 9.59 Å². The van der Waals surface area contributed by atoms with Crippen LogP contribution >= 0.6 is 0 Å². The summed E-state index contributed by atoms with van der Waals surface area (Å²) in [5.41, 5.74) is -0.851. The van der Waals surface area contributed by atoms with E-state index in [0.717, 1.165) is 12.1 Å². The summed E-state index contributed by atoms with van der Waals surface area (Å²) in [5.74, 6) is -3.27. The lowest BCUT2D eigenvalue weighted by Crippen LogP contribution is -2.48. The van der Waals surface area contributed by atoms with Crippen molar-refractivity contribution in [1.29, 1.82) is 0 Å². The van der Waals surface area contributed by atoms with Crippen molar-refractivity contribution in [3.05, 3.63) is 65.5 Å². The molecule has 0 bridgehead atoms. The van der Waals surface area contributed by atoms with Crippen LogP contribution in [0.5, 0.6) is 5.75 Å². The van der Waals surface area contributed by atoms with E-state index >= 15 is 0 Å². The molecule has 2 N–H and O–H groups in total. The van der Waals surface area contributed by atoms with Gasteiger partial charge in [0.15, 0.2) is 11.6 Å². The summed E-state index contributed by atoms with van der Waals surface area (Å²) in [7, 11) is 0. The third-order valence-corrected chi connectivity index (χ3v) is 4.74. The lowest BCUT2D eigenvalue weighted by atomic mass is 9.87. The number of benzene rings is 2. The van der Waals surface area contributed by atoms with Crippen molar-refractivity contribution in [2.24, 2.45) is 5.41 Å². The summed E-state index contributed by atoms with van der Waals surface area (Å²) in [6.45, 7) is 6.78. The molecule has 0 aliphatic heterocycles. The molecule has 0 aliphatic carbocycles. The van der Waals surface area contributed by atoms with Crippen molar-refractivity contribution in [3.63, 3.8) is 0 Å². The largest absolute Gasteiger partial charge is 0.488 e. The van der Waals surface area contributed by atoms with Gasteiger partial charge in [0.1, 0.15) is 18.2 Å². The van der Waals surface area contributed by atoms with Crippen LogP contribution in [0.3, 0.4) is 0 Å². The summed E-state index contributed by atoms with van der Waals surface area (Å²) >= 11 is 0. The van der Waals surface area contributed by atoms with Crippen molar-refractivity contribution in [3.8, 4) is 5.75 Å². The van der Waals surface area contributed by atoms with Gasteiger partial charge in [-0.05, 0) is 29.7 Å². The molecular weight excluding hydrogens is 409 g/mol. The van der Waals surface area contributed by atoms with E-state index in [9.17, 15) is 22.8 Å². The molecule has 2 aromatic rings. The average molecular weight is 436 g/mol. The fourth-order valence-corrected chi connectivity index (χ4v) is 3.00. The Morgan fingerprint density at radius 2 is 1.52 bits per heavy atom. The lowest BCUT2D eigenvalue weighted by Gasteiger charge is -2.32. The third-order valence-electron chi connectivity index (χ3n) is 4.74. The zero-order valence-electron chi connectivity index (χ0n) is 18.0. The maximum absolute atomic E-state index is 14.2. The molecule has 0 fully saturated rings. The van der Waals surface area contributed by atoms with Crippen LogP contribution in [0.15, 0.2) is 42.5 Å². The van der Waals surface area contributed by atoms with Crippen LogP contribution in [-0.4, -0.2) is 24.5 Å². The van der Waals surface area contributed by atoms with Crippen molar-refractivity contribution in [2.75, 3.05) is 6.61 Å². The number of rotatable bonds is 8. The molecular formula is C23H27F3N2O3. The highest BCUT2D eigenvalue weighted by Crippen LogP contribution is 2.25. The Bertz CT molecular complexity index is 908. The number of halogens is 3. The van der Waals surface area contributed by atoms with E-state index in [1.807, 2.05) is 20.8 Å². The fraction of sp³-hybridized carbons (Fsp3) is 0.391. The predicted molar refractivity (Wildman–Crippen MR) is 111 cm³/mol. The van der Waals surface area contributed by atoms with Gasteiger partial charge in [0.25, 0.3) is 0 Å². The Hall–Kier alpha value is -3.03. The van der Waals surface area contributed by atoms with Gasteiger partial charge in [-0.25, -0.2) is 13.2 Å². The number of carbonyl (C=O) groups is 2. The molecule has 0 aromatic heterocycles. The maximum atomic E-state index is 14.2. The van der Waals surface area contributed by atoms with Crippen LogP contribution in [0, 0.1) is 22.9 Å². The van der Waals surface area contributed by atoms with Gasteiger partial charge < -0.3 is 15.4 Å². The zero-order chi connectivity index (χ0) is 23.2. The van der Waals surface area contributed by atoms with E-state index in [1.54, 1.807) is 6.07 Å². The first-order chi connectivity index (χ1) is 14.5. The maximum Gasteiger partial charge on any atom is 0.222 e. The van der Waals surface area contributed by atoms with Crippen LogP contribution in [0.4, 0.5) is 13.2 Å². The van der Waals surface area contributed by atoms with Crippen molar-refractivity contribution >= 4 is 11.8 Å². The molecule has 5 nitrogen and oxygen atoms in total. The van der Waals surface area contributed by atoms with Gasteiger partial charge >= 0.3 is 0 Å². The summed E-state index contributed by atoms with van der Waals surface area (Å²) in [6.07, 6.45) is -0.385. The van der Waals surface area contributed by atoms with Crippen LogP contribution in [0.2, 0.25) is 0 Å². The molecule has 8 heteroatoms. The van der Waals surface area contributed by atoms with Gasteiger partial charge in [0, 0.05) is 12.5 Å². The highest BCUT2D eigenvalue weighted by molar-refractivity contribution is 5.79. The second-order valence-electron chi connectivity index (χ2n) is 8.32.